The first kappa shape index (κ1) is 15.7. The van der Waals surface area contributed by atoms with Gasteiger partial charge in [-0.3, -0.25) is 4.79 Å². The molecule has 0 unspecified atom stereocenters. The fraction of sp³-hybridized carbons (Fsp3) is 0.562. The zero-order chi connectivity index (χ0) is 14.5. The van der Waals surface area contributed by atoms with E-state index in [1.165, 1.54) is 0 Å². The third-order valence-corrected chi connectivity index (χ3v) is 2.76. The molecule has 0 bridgehead atoms. The second-order valence-electron chi connectivity index (χ2n) is 6.89. The van der Waals surface area contributed by atoms with Crippen LogP contribution in [0.25, 0.3) is 0 Å². The van der Waals surface area contributed by atoms with E-state index >= 15 is 0 Å². The molecule has 0 aliphatic rings. The molecule has 19 heavy (non-hydrogen) atoms. The van der Waals surface area contributed by atoms with Gasteiger partial charge in [-0.15, -0.1) is 0 Å². The van der Waals surface area contributed by atoms with Crippen molar-refractivity contribution in [2.45, 2.75) is 46.6 Å². The van der Waals surface area contributed by atoms with Crippen molar-refractivity contribution in [3.63, 3.8) is 0 Å². The van der Waals surface area contributed by atoms with Gasteiger partial charge in [-0.1, -0.05) is 39.0 Å². The number of carbonyl (C=O) groups is 1. The first-order valence-electron chi connectivity index (χ1n) is 6.78. The van der Waals surface area contributed by atoms with Gasteiger partial charge >= 0.3 is 0 Å². The summed E-state index contributed by atoms with van der Waals surface area (Å²) < 4.78 is 0. The lowest BCUT2D eigenvalue weighted by Crippen LogP contribution is -2.45. The lowest BCUT2D eigenvalue weighted by molar-refractivity contribution is -0.115. The van der Waals surface area contributed by atoms with E-state index in [0.29, 0.717) is 6.54 Å². The number of rotatable bonds is 5. The normalized spacial score (nSPS) is 12.3. The van der Waals surface area contributed by atoms with Crippen molar-refractivity contribution in [1.82, 2.24) is 5.32 Å². The van der Waals surface area contributed by atoms with Gasteiger partial charge in [0.25, 0.3) is 0 Å². The van der Waals surface area contributed by atoms with E-state index in [1.54, 1.807) is 0 Å². The van der Waals surface area contributed by atoms with Crippen LogP contribution < -0.4 is 10.6 Å². The largest absolute Gasteiger partial charge is 0.325 e. The van der Waals surface area contributed by atoms with E-state index in [9.17, 15) is 4.79 Å². The van der Waals surface area contributed by atoms with Crippen LogP contribution in [0.15, 0.2) is 30.3 Å². The summed E-state index contributed by atoms with van der Waals surface area (Å²) in [4.78, 5) is 11.9. The van der Waals surface area contributed by atoms with Gasteiger partial charge in [0.1, 0.15) is 0 Å². The van der Waals surface area contributed by atoms with Crippen molar-refractivity contribution in [3.05, 3.63) is 30.3 Å². The molecule has 0 fully saturated rings. The zero-order valence-electron chi connectivity index (χ0n) is 12.7. The minimum Gasteiger partial charge on any atom is -0.325 e. The molecular formula is C16H26N2O. The summed E-state index contributed by atoms with van der Waals surface area (Å²) in [6, 6.07) is 9.52. The maximum atomic E-state index is 11.9. The molecular weight excluding hydrogens is 236 g/mol. The van der Waals surface area contributed by atoms with Crippen LogP contribution >= 0.6 is 0 Å². The highest BCUT2D eigenvalue weighted by atomic mass is 16.1. The molecule has 1 rings (SSSR count). The second kappa shape index (κ2) is 6.20. The van der Waals surface area contributed by atoms with Crippen LogP contribution in [0.1, 0.15) is 41.0 Å². The smallest absolute Gasteiger partial charge is 0.238 e. The van der Waals surface area contributed by atoms with Gasteiger partial charge in [-0.05, 0) is 37.8 Å². The Morgan fingerprint density at radius 3 is 2.16 bits per heavy atom. The predicted molar refractivity (Wildman–Crippen MR) is 81.2 cm³/mol. The molecule has 2 N–H and O–H groups in total. The summed E-state index contributed by atoms with van der Waals surface area (Å²) in [7, 11) is 0. The summed E-state index contributed by atoms with van der Waals surface area (Å²) in [5.74, 6) is -0.00631. The summed E-state index contributed by atoms with van der Waals surface area (Å²) >= 11 is 0. The van der Waals surface area contributed by atoms with Gasteiger partial charge in [0.05, 0.1) is 6.54 Å². The maximum absolute atomic E-state index is 11.9. The Morgan fingerprint density at radius 2 is 1.63 bits per heavy atom. The number of anilines is 1. The molecule has 0 aliphatic heterocycles. The van der Waals surface area contributed by atoms with Crippen molar-refractivity contribution < 1.29 is 4.79 Å². The Kier molecular flexibility index (Phi) is 5.12. The molecule has 0 heterocycles. The van der Waals surface area contributed by atoms with Gasteiger partial charge in [0.2, 0.25) is 5.91 Å². The average molecular weight is 262 g/mol. The molecule has 106 valence electrons. The van der Waals surface area contributed by atoms with Crippen LogP contribution in [-0.4, -0.2) is 18.0 Å². The van der Waals surface area contributed by atoms with Gasteiger partial charge in [0.15, 0.2) is 0 Å². The summed E-state index contributed by atoms with van der Waals surface area (Å²) in [5, 5.41) is 6.20. The van der Waals surface area contributed by atoms with Gasteiger partial charge in [-0.2, -0.15) is 0 Å². The molecule has 0 aliphatic carbocycles. The van der Waals surface area contributed by atoms with E-state index in [2.05, 4.69) is 45.3 Å². The minimum absolute atomic E-state index is 0.00631. The second-order valence-corrected chi connectivity index (χ2v) is 6.89. The molecule has 0 saturated heterocycles. The number of amides is 1. The Balaban J connectivity index is 2.42. The Labute approximate surface area is 116 Å². The quantitative estimate of drug-likeness (QED) is 0.853. The van der Waals surface area contributed by atoms with Crippen molar-refractivity contribution >= 4 is 11.6 Å². The van der Waals surface area contributed by atoms with Crippen LogP contribution in [0.2, 0.25) is 0 Å². The molecule has 1 aromatic carbocycles. The van der Waals surface area contributed by atoms with Crippen LogP contribution in [-0.2, 0) is 4.79 Å². The number of para-hydroxylation sites is 1. The molecule has 0 spiro atoms. The first-order valence-corrected chi connectivity index (χ1v) is 6.78. The Bertz CT molecular complexity index is 405. The van der Waals surface area contributed by atoms with Gasteiger partial charge in [0, 0.05) is 11.2 Å². The summed E-state index contributed by atoms with van der Waals surface area (Å²) in [6.07, 6.45) is 1.01. The molecule has 1 amide bonds. The standard InChI is InChI=1S/C16H26N2O/c1-15(2,3)12-16(4,5)17-11-14(19)18-13-9-7-6-8-10-13/h6-10,17H,11-12H2,1-5H3,(H,18,19). The number of benzene rings is 1. The van der Waals surface area contributed by atoms with Crippen LogP contribution in [0, 0.1) is 5.41 Å². The minimum atomic E-state index is -0.0493. The third-order valence-electron chi connectivity index (χ3n) is 2.76. The van der Waals surface area contributed by atoms with E-state index in [-0.39, 0.29) is 16.9 Å². The molecule has 0 aromatic heterocycles. The van der Waals surface area contributed by atoms with Crippen molar-refractivity contribution in [1.29, 1.82) is 0 Å². The van der Waals surface area contributed by atoms with E-state index in [1.807, 2.05) is 30.3 Å². The topological polar surface area (TPSA) is 41.1 Å². The van der Waals surface area contributed by atoms with Gasteiger partial charge in [-0.25, -0.2) is 0 Å². The van der Waals surface area contributed by atoms with E-state index < -0.39 is 0 Å². The van der Waals surface area contributed by atoms with E-state index in [0.717, 1.165) is 12.1 Å². The molecule has 0 atom stereocenters. The first-order chi connectivity index (χ1) is 8.68. The highest BCUT2D eigenvalue weighted by Crippen LogP contribution is 2.26. The van der Waals surface area contributed by atoms with Crippen LogP contribution in [0.5, 0.6) is 0 Å². The number of nitrogens with one attached hydrogen (secondary N) is 2. The van der Waals surface area contributed by atoms with Crippen LogP contribution in [0.4, 0.5) is 5.69 Å². The highest BCUT2D eigenvalue weighted by molar-refractivity contribution is 5.92. The average Bonchev–Trinajstić information content (AvgIpc) is 2.25. The summed E-state index contributed by atoms with van der Waals surface area (Å²) in [6.45, 7) is 11.2. The van der Waals surface area contributed by atoms with Crippen molar-refractivity contribution in [2.24, 2.45) is 5.41 Å². The number of carbonyl (C=O) groups excluding carboxylic acids is 1. The van der Waals surface area contributed by atoms with Crippen molar-refractivity contribution in [2.75, 3.05) is 11.9 Å². The Hall–Kier alpha value is -1.35. The van der Waals surface area contributed by atoms with E-state index in [4.69, 9.17) is 0 Å². The lowest BCUT2D eigenvalue weighted by atomic mass is 9.82. The molecule has 0 radical (unpaired) electrons. The fourth-order valence-electron chi connectivity index (χ4n) is 2.43. The Morgan fingerprint density at radius 1 is 1.05 bits per heavy atom. The fourth-order valence-corrected chi connectivity index (χ4v) is 2.43. The van der Waals surface area contributed by atoms with Crippen molar-refractivity contribution in [3.8, 4) is 0 Å². The summed E-state index contributed by atoms with van der Waals surface area (Å²) in [5.41, 5.74) is 1.03. The number of hydrogen-bond acceptors (Lipinski definition) is 2. The highest BCUT2D eigenvalue weighted by Gasteiger charge is 2.25. The third kappa shape index (κ3) is 6.97. The maximum Gasteiger partial charge on any atom is 0.238 e. The number of hydrogen-bond donors (Lipinski definition) is 2. The zero-order valence-corrected chi connectivity index (χ0v) is 12.7. The van der Waals surface area contributed by atoms with Gasteiger partial charge < -0.3 is 10.6 Å². The lowest BCUT2D eigenvalue weighted by Gasteiger charge is -2.33. The molecule has 0 saturated carbocycles. The SMILES string of the molecule is CC(C)(C)CC(C)(C)NCC(=O)Nc1ccccc1. The molecule has 3 nitrogen and oxygen atoms in total. The predicted octanol–water partition coefficient (Wildman–Crippen LogP) is 3.43. The van der Waals surface area contributed by atoms with Crippen LogP contribution in [0.3, 0.4) is 0 Å². The monoisotopic (exact) mass is 262 g/mol. The molecule has 1 aromatic rings. The molecule has 3 heteroatoms.